The molecule has 0 amide bonds. The lowest BCUT2D eigenvalue weighted by molar-refractivity contribution is 0.612. The van der Waals surface area contributed by atoms with Crippen LogP contribution in [0.3, 0.4) is 0 Å². The van der Waals surface area contributed by atoms with E-state index in [1.54, 1.807) is 0 Å². The Morgan fingerprint density at radius 1 is 1.22 bits per heavy atom. The number of benzene rings is 1. The summed E-state index contributed by atoms with van der Waals surface area (Å²) < 4.78 is 0. The maximum Gasteiger partial charge on any atom is 0.124 e. The van der Waals surface area contributed by atoms with E-state index in [9.17, 15) is 0 Å². The lowest BCUT2D eigenvalue weighted by atomic mass is 10.1. The molecule has 2 N–H and O–H groups in total. The molecule has 1 aliphatic heterocycles. The van der Waals surface area contributed by atoms with E-state index in [1.807, 2.05) is 6.07 Å². The third-order valence-electron chi connectivity index (χ3n) is 3.34. The average molecular weight is 264 g/mol. The molecule has 0 unspecified atom stereocenters. The summed E-state index contributed by atoms with van der Waals surface area (Å²) in [6, 6.07) is 10.8. The van der Waals surface area contributed by atoms with Gasteiger partial charge in [-0.15, -0.1) is 12.4 Å². The molecule has 0 aliphatic carbocycles. The second-order valence-electron chi connectivity index (χ2n) is 4.61. The second-order valence-corrected chi connectivity index (χ2v) is 4.61. The van der Waals surface area contributed by atoms with E-state index in [0.29, 0.717) is 6.04 Å². The van der Waals surface area contributed by atoms with Gasteiger partial charge in [-0.1, -0.05) is 30.3 Å². The third kappa shape index (κ3) is 2.42. The molecule has 2 heterocycles. The number of H-pyrrole nitrogens is 1. The van der Waals surface area contributed by atoms with Crippen molar-refractivity contribution in [3.63, 3.8) is 0 Å². The van der Waals surface area contributed by atoms with Crippen LogP contribution >= 0.6 is 12.4 Å². The van der Waals surface area contributed by atoms with E-state index < -0.39 is 0 Å². The van der Waals surface area contributed by atoms with Crippen LogP contribution in [-0.2, 0) is 0 Å². The topological polar surface area (TPSA) is 40.7 Å². The van der Waals surface area contributed by atoms with E-state index in [4.69, 9.17) is 4.98 Å². The molecule has 0 spiro atoms. The number of nitrogens with zero attached hydrogens (tertiary/aromatic N) is 1. The van der Waals surface area contributed by atoms with Crippen LogP contribution in [-0.4, -0.2) is 16.5 Å². The van der Waals surface area contributed by atoms with Gasteiger partial charge in [0.2, 0.25) is 0 Å². The number of aromatic amines is 1. The molecule has 1 aromatic heterocycles. The lowest BCUT2D eigenvalue weighted by Gasteiger charge is -2.04. The summed E-state index contributed by atoms with van der Waals surface area (Å²) in [5.74, 6) is 1.08. The highest BCUT2D eigenvalue weighted by Crippen LogP contribution is 2.26. The predicted octanol–water partition coefficient (Wildman–Crippen LogP) is 3.23. The molecule has 0 saturated carbocycles. The van der Waals surface area contributed by atoms with Crippen molar-refractivity contribution in [3.8, 4) is 11.3 Å². The minimum absolute atomic E-state index is 0. The van der Waals surface area contributed by atoms with Gasteiger partial charge in [0.05, 0.1) is 11.7 Å². The van der Waals surface area contributed by atoms with Crippen LogP contribution in [0, 0.1) is 6.92 Å². The minimum atomic E-state index is 0. The zero-order valence-electron chi connectivity index (χ0n) is 10.4. The van der Waals surface area contributed by atoms with Crippen LogP contribution < -0.4 is 5.32 Å². The highest BCUT2D eigenvalue weighted by Gasteiger charge is 2.20. The maximum atomic E-state index is 4.74. The molecule has 2 aromatic rings. The molecule has 1 aromatic carbocycles. The van der Waals surface area contributed by atoms with Gasteiger partial charge >= 0.3 is 0 Å². The molecule has 1 aliphatic rings. The van der Waals surface area contributed by atoms with Gasteiger partial charge in [-0.3, -0.25) is 0 Å². The number of hydrogen-bond donors (Lipinski definition) is 2. The summed E-state index contributed by atoms with van der Waals surface area (Å²) in [5.41, 5.74) is 3.42. The fourth-order valence-electron chi connectivity index (χ4n) is 2.44. The SMILES string of the molecule is Cc1[nH]c([C@@H]2CCCN2)nc1-c1ccccc1.Cl. The van der Waals surface area contributed by atoms with E-state index >= 15 is 0 Å². The van der Waals surface area contributed by atoms with Crippen molar-refractivity contribution in [1.82, 2.24) is 15.3 Å². The van der Waals surface area contributed by atoms with Crippen molar-refractivity contribution in [3.05, 3.63) is 41.9 Å². The maximum absolute atomic E-state index is 4.74. The number of aryl methyl sites for hydroxylation is 1. The summed E-state index contributed by atoms with van der Waals surface area (Å²) in [6.45, 7) is 3.19. The summed E-state index contributed by atoms with van der Waals surface area (Å²) in [7, 11) is 0. The predicted molar refractivity (Wildman–Crippen MR) is 76.0 cm³/mol. The Kier molecular flexibility index (Phi) is 4.04. The Balaban J connectivity index is 0.00000120. The first kappa shape index (κ1) is 13.1. The smallest absolute Gasteiger partial charge is 0.124 e. The van der Waals surface area contributed by atoms with Crippen LogP contribution in [0.1, 0.15) is 30.4 Å². The van der Waals surface area contributed by atoms with E-state index in [0.717, 1.165) is 23.8 Å². The fraction of sp³-hybridized carbons (Fsp3) is 0.357. The Bertz CT molecular complexity index is 501. The van der Waals surface area contributed by atoms with Gasteiger partial charge in [-0.05, 0) is 26.3 Å². The molecule has 1 fully saturated rings. The van der Waals surface area contributed by atoms with Gasteiger partial charge in [0.15, 0.2) is 0 Å². The third-order valence-corrected chi connectivity index (χ3v) is 3.34. The quantitative estimate of drug-likeness (QED) is 0.873. The van der Waals surface area contributed by atoms with Crippen LogP contribution in [0.4, 0.5) is 0 Å². The van der Waals surface area contributed by atoms with Gasteiger partial charge in [-0.25, -0.2) is 4.98 Å². The average Bonchev–Trinajstić information content (AvgIpc) is 2.99. The molecule has 0 radical (unpaired) electrons. The first-order valence-electron chi connectivity index (χ1n) is 6.20. The monoisotopic (exact) mass is 263 g/mol. The van der Waals surface area contributed by atoms with Gasteiger partial charge in [0, 0.05) is 11.3 Å². The van der Waals surface area contributed by atoms with E-state index in [2.05, 4.69) is 41.5 Å². The number of nitrogens with one attached hydrogen (secondary N) is 2. The van der Waals surface area contributed by atoms with Crippen LogP contribution in [0.2, 0.25) is 0 Å². The van der Waals surface area contributed by atoms with Crippen molar-refractivity contribution < 1.29 is 0 Å². The highest BCUT2D eigenvalue weighted by atomic mass is 35.5. The Labute approximate surface area is 113 Å². The van der Waals surface area contributed by atoms with Crippen LogP contribution in [0.5, 0.6) is 0 Å². The van der Waals surface area contributed by atoms with Crippen molar-refractivity contribution in [2.24, 2.45) is 0 Å². The summed E-state index contributed by atoms with van der Waals surface area (Å²) in [6.07, 6.45) is 2.42. The summed E-state index contributed by atoms with van der Waals surface area (Å²) in [5, 5.41) is 3.47. The number of rotatable bonds is 2. The molecule has 1 atom stereocenters. The van der Waals surface area contributed by atoms with Gasteiger partial charge in [-0.2, -0.15) is 0 Å². The second kappa shape index (κ2) is 5.55. The van der Waals surface area contributed by atoms with Crippen molar-refractivity contribution >= 4 is 12.4 Å². The van der Waals surface area contributed by atoms with Gasteiger partial charge in [0.1, 0.15) is 5.82 Å². The van der Waals surface area contributed by atoms with Crippen LogP contribution in [0.25, 0.3) is 11.3 Å². The lowest BCUT2D eigenvalue weighted by Crippen LogP contribution is -2.14. The van der Waals surface area contributed by atoms with Crippen molar-refractivity contribution in [2.45, 2.75) is 25.8 Å². The number of halogens is 1. The fourth-order valence-corrected chi connectivity index (χ4v) is 2.44. The van der Waals surface area contributed by atoms with E-state index in [1.165, 1.54) is 18.4 Å². The Morgan fingerprint density at radius 2 is 2.00 bits per heavy atom. The zero-order chi connectivity index (χ0) is 11.7. The molecular weight excluding hydrogens is 246 g/mol. The summed E-state index contributed by atoms with van der Waals surface area (Å²) >= 11 is 0. The standard InChI is InChI=1S/C14H17N3.ClH/c1-10-13(11-6-3-2-4-7-11)17-14(16-10)12-8-5-9-15-12;/h2-4,6-7,12,15H,5,8-9H2,1H3,(H,16,17);1H/t12-;/m0./s1. The highest BCUT2D eigenvalue weighted by molar-refractivity contribution is 5.85. The number of hydrogen-bond acceptors (Lipinski definition) is 2. The molecule has 3 rings (SSSR count). The van der Waals surface area contributed by atoms with Crippen LogP contribution in [0.15, 0.2) is 30.3 Å². The molecule has 1 saturated heterocycles. The Morgan fingerprint density at radius 3 is 2.67 bits per heavy atom. The first-order valence-corrected chi connectivity index (χ1v) is 6.20. The van der Waals surface area contributed by atoms with E-state index in [-0.39, 0.29) is 12.4 Å². The first-order chi connectivity index (χ1) is 8.34. The molecule has 3 nitrogen and oxygen atoms in total. The number of imidazole rings is 1. The van der Waals surface area contributed by atoms with Crippen molar-refractivity contribution in [1.29, 1.82) is 0 Å². The number of aromatic nitrogens is 2. The van der Waals surface area contributed by atoms with Gasteiger partial charge < -0.3 is 10.3 Å². The normalized spacial score (nSPS) is 18.6. The zero-order valence-corrected chi connectivity index (χ0v) is 11.3. The van der Waals surface area contributed by atoms with Crippen molar-refractivity contribution in [2.75, 3.05) is 6.54 Å². The molecule has 0 bridgehead atoms. The molecular formula is C14H18ClN3. The Hall–Kier alpha value is -1.32. The molecule has 96 valence electrons. The minimum Gasteiger partial charge on any atom is -0.344 e. The summed E-state index contributed by atoms with van der Waals surface area (Å²) in [4.78, 5) is 8.16. The molecule has 4 heteroatoms. The largest absolute Gasteiger partial charge is 0.344 e. The molecule has 18 heavy (non-hydrogen) atoms. The van der Waals surface area contributed by atoms with Gasteiger partial charge in [0.25, 0.3) is 0 Å².